The average Bonchev–Trinajstić information content (AvgIpc) is 3.46. The number of carbonyl (C=O) groups excluding carboxylic acids is 1. The maximum absolute atomic E-state index is 12.4. The third-order valence-electron chi connectivity index (χ3n) is 4.28. The zero-order chi connectivity index (χ0) is 22.9. The molecule has 0 aliphatic heterocycles. The fourth-order valence-electron chi connectivity index (χ4n) is 2.86. The van der Waals surface area contributed by atoms with Crippen LogP contribution in [-0.4, -0.2) is 53.6 Å². The standard InChI is InChI=1S/C22H27N3O6S/c1-5-27-17-11-15(12-18(28-6-2)20(17)29-7-3)21-23-24-22(31-21)32-14-19(26)25(4)13-16-9-8-10-30-16/h8-12H,5-7,13-14H2,1-4H3. The van der Waals surface area contributed by atoms with Gasteiger partial charge in [-0.15, -0.1) is 10.2 Å². The van der Waals surface area contributed by atoms with E-state index in [4.69, 9.17) is 23.0 Å². The number of carbonyl (C=O) groups is 1. The summed E-state index contributed by atoms with van der Waals surface area (Å²) in [5, 5.41) is 8.47. The Morgan fingerprint density at radius 3 is 2.34 bits per heavy atom. The first-order valence-corrected chi connectivity index (χ1v) is 11.3. The van der Waals surface area contributed by atoms with Gasteiger partial charge >= 0.3 is 0 Å². The Morgan fingerprint density at radius 2 is 1.75 bits per heavy atom. The van der Waals surface area contributed by atoms with Crippen LogP contribution < -0.4 is 14.2 Å². The summed E-state index contributed by atoms with van der Waals surface area (Å²) in [6, 6.07) is 7.17. The first-order valence-electron chi connectivity index (χ1n) is 10.3. The number of furan rings is 1. The molecule has 2 aromatic heterocycles. The lowest BCUT2D eigenvalue weighted by Crippen LogP contribution is -2.27. The lowest BCUT2D eigenvalue weighted by atomic mass is 10.2. The van der Waals surface area contributed by atoms with Crippen molar-refractivity contribution in [3.63, 3.8) is 0 Å². The minimum absolute atomic E-state index is 0.0792. The second kappa shape index (κ2) is 11.5. The molecule has 32 heavy (non-hydrogen) atoms. The fraction of sp³-hybridized carbons (Fsp3) is 0.409. The van der Waals surface area contributed by atoms with Gasteiger partial charge in [0.1, 0.15) is 5.76 Å². The van der Waals surface area contributed by atoms with Gasteiger partial charge in [0.25, 0.3) is 5.22 Å². The number of benzene rings is 1. The molecule has 0 bridgehead atoms. The normalized spacial score (nSPS) is 10.8. The molecule has 0 spiro atoms. The van der Waals surface area contributed by atoms with E-state index in [1.54, 1.807) is 36.4 Å². The molecule has 10 heteroatoms. The van der Waals surface area contributed by atoms with E-state index in [0.29, 0.717) is 60.3 Å². The third kappa shape index (κ3) is 5.97. The minimum atomic E-state index is -0.0792. The Labute approximate surface area is 191 Å². The topological polar surface area (TPSA) is 100 Å². The molecule has 9 nitrogen and oxygen atoms in total. The van der Waals surface area contributed by atoms with Gasteiger partial charge in [0, 0.05) is 12.6 Å². The van der Waals surface area contributed by atoms with Crippen LogP contribution in [0.25, 0.3) is 11.5 Å². The largest absolute Gasteiger partial charge is 0.490 e. The predicted octanol–water partition coefficient (Wildman–Crippen LogP) is 4.28. The second-order valence-electron chi connectivity index (χ2n) is 6.59. The maximum Gasteiger partial charge on any atom is 0.277 e. The van der Waals surface area contributed by atoms with Gasteiger partial charge in [-0.2, -0.15) is 0 Å². The first kappa shape index (κ1) is 23.5. The summed E-state index contributed by atoms with van der Waals surface area (Å²) >= 11 is 1.18. The van der Waals surface area contributed by atoms with Crippen molar-refractivity contribution in [1.82, 2.24) is 15.1 Å². The molecule has 0 atom stereocenters. The molecule has 0 unspecified atom stereocenters. The summed E-state index contributed by atoms with van der Waals surface area (Å²) in [5.74, 6) is 2.72. The highest BCUT2D eigenvalue weighted by Crippen LogP contribution is 2.42. The van der Waals surface area contributed by atoms with Crippen LogP contribution in [0.15, 0.2) is 44.6 Å². The summed E-state index contributed by atoms with van der Waals surface area (Å²) in [5.41, 5.74) is 0.640. The van der Waals surface area contributed by atoms with Crippen LogP contribution in [-0.2, 0) is 11.3 Å². The SMILES string of the molecule is CCOc1cc(-c2nnc(SCC(=O)N(C)Cc3ccco3)o2)cc(OCC)c1OCC. The van der Waals surface area contributed by atoms with Crippen LogP contribution >= 0.6 is 11.8 Å². The quantitative estimate of drug-likeness (QED) is 0.366. The Morgan fingerprint density at radius 1 is 1.06 bits per heavy atom. The van der Waals surface area contributed by atoms with Crippen LogP contribution in [0.2, 0.25) is 0 Å². The van der Waals surface area contributed by atoms with Gasteiger partial charge in [-0.1, -0.05) is 11.8 Å². The van der Waals surface area contributed by atoms with Crippen molar-refractivity contribution in [3.8, 4) is 28.7 Å². The van der Waals surface area contributed by atoms with E-state index in [2.05, 4.69) is 10.2 Å². The molecule has 0 saturated heterocycles. The molecule has 2 heterocycles. The van der Waals surface area contributed by atoms with Crippen molar-refractivity contribution in [1.29, 1.82) is 0 Å². The third-order valence-corrected chi connectivity index (χ3v) is 5.08. The van der Waals surface area contributed by atoms with Crippen molar-refractivity contribution in [2.75, 3.05) is 32.6 Å². The van der Waals surface area contributed by atoms with Gasteiger partial charge in [-0.3, -0.25) is 4.79 Å². The zero-order valence-corrected chi connectivity index (χ0v) is 19.4. The van der Waals surface area contributed by atoms with Gasteiger partial charge in [-0.25, -0.2) is 0 Å². The average molecular weight is 462 g/mol. The van der Waals surface area contributed by atoms with Gasteiger partial charge in [0.2, 0.25) is 17.5 Å². The Kier molecular flexibility index (Phi) is 8.43. The predicted molar refractivity (Wildman–Crippen MR) is 119 cm³/mol. The van der Waals surface area contributed by atoms with Crippen molar-refractivity contribution >= 4 is 17.7 Å². The maximum atomic E-state index is 12.4. The van der Waals surface area contributed by atoms with Gasteiger partial charge in [-0.05, 0) is 45.0 Å². The van der Waals surface area contributed by atoms with Crippen LogP contribution in [0.4, 0.5) is 0 Å². The highest BCUT2D eigenvalue weighted by molar-refractivity contribution is 7.99. The monoisotopic (exact) mass is 461 g/mol. The molecule has 172 valence electrons. The van der Waals surface area contributed by atoms with Crippen LogP contribution in [0.3, 0.4) is 0 Å². The number of rotatable bonds is 12. The summed E-state index contributed by atoms with van der Waals surface area (Å²) in [4.78, 5) is 14.0. The molecule has 0 radical (unpaired) electrons. The smallest absolute Gasteiger partial charge is 0.277 e. The zero-order valence-electron chi connectivity index (χ0n) is 18.6. The molecule has 1 amide bonds. The van der Waals surface area contributed by atoms with E-state index < -0.39 is 0 Å². The van der Waals surface area contributed by atoms with Gasteiger partial charge < -0.3 is 27.9 Å². The van der Waals surface area contributed by atoms with Crippen molar-refractivity contribution in [3.05, 3.63) is 36.3 Å². The fourth-order valence-corrected chi connectivity index (χ4v) is 3.56. The van der Waals surface area contributed by atoms with E-state index in [1.807, 2.05) is 26.8 Å². The molecule has 1 aromatic carbocycles. The summed E-state index contributed by atoms with van der Waals surface area (Å²) in [7, 11) is 1.72. The van der Waals surface area contributed by atoms with E-state index in [9.17, 15) is 4.79 Å². The van der Waals surface area contributed by atoms with Gasteiger partial charge in [0.05, 0.1) is 38.4 Å². The number of aromatic nitrogens is 2. The van der Waals surface area contributed by atoms with Crippen LogP contribution in [0.5, 0.6) is 17.2 Å². The van der Waals surface area contributed by atoms with Crippen molar-refractivity contribution in [2.45, 2.75) is 32.5 Å². The number of amides is 1. The van der Waals surface area contributed by atoms with E-state index in [0.717, 1.165) is 5.76 Å². The van der Waals surface area contributed by atoms with E-state index in [1.165, 1.54) is 11.8 Å². The van der Waals surface area contributed by atoms with Crippen LogP contribution in [0.1, 0.15) is 26.5 Å². The summed E-state index contributed by atoms with van der Waals surface area (Å²) in [6.07, 6.45) is 1.58. The van der Waals surface area contributed by atoms with Gasteiger partial charge in [0.15, 0.2) is 11.5 Å². The van der Waals surface area contributed by atoms with E-state index >= 15 is 0 Å². The lowest BCUT2D eigenvalue weighted by molar-refractivity contribution is -0.127. The Balaban J connectivity index is 1.71. The number of hydrogen-bond acceptors (Lipinski definition) is 9. The molecule has 3 aromatic rings. The number of ether oxygens (including phenoxy) is 3. The molecule has 0 N–H and O–H groups in total. The van der Waals surface area contributed by atoms with E-state index in [-0.39, 0.29) is 11.7 Å². The molecule has 3 rings (SSSR count). The highest BCUT2D eigenvalue weighted by Gasteiger charge is 2.20. The highest BCUT2D eigenvalue weighted by atomic mass is 32.2. The van der Waals surface area contributed by atoms with Crippen LogP contribution in [0, 0.1) is 0 Å². The van der Waals surface area contributed by atoms with Crippen molar-refractivity contribution in [2.24, 2.45) is 0 Å². The molecule has 0 aliphatic rings. The molecular weight excluding hydrogens is 434 g/mol. The lowest BCUT2D eigenvalue weighted by Gasteiger charge is -2.16. The number of hydrogen-bond donors (Lipinski definition) is 0. The second-order valence-corrected chi connectivity index (χ2v) is 7.52. The number of thioether (sulfide) groups is 1. The Bertz CT molecular complexity index is 978. The summed E-state index contributed by atoms with van der Waals surface area (Å²) < 4.78 is 28.2. The Hall–Kier alpha value is -3.14. The molecule has 0 aliphatic carbocycles. The first-order chi connectivity index (χ1) is 15.5. The molecule has 0 saturated carbocycles. The number of nitrogens with zero attached hydrogens (tertiary/aromatic N) is 3. The van der Waals surface area contributed by atoms with Crippen molar-refractivity contribution < 1.29 is 27.8 Å². The molecule has 0 fully saturated rings. The molecular formula is C22H27N3O6S. The summed E-state index contributed by atoms with van der Waals surface area (Å²) in [6.45, 7) is 7.49. The minimum Gasteiger partial charge on any atom is -0.490 e.